The average Bonchev–Trinajstić information content (AvgIpc) is 2.71. The molecular weight excluding hydrogens is 252 g/mol. The maximum Gasteiger partial charge on any atom is 0.263 e. The molecule has 7 heteroatoms. The zero-order chi connectivity index (χ0) is 13.7. The van der Waals surface area contributed by atoms with Crippen LogP contribution in [-0.4, -0.2) is 32.5 Å². The molecule has 1 aromatic heterocycles. The SMILES string of the molecule is CCCNc1sc(C(=O)NC)c(N)c1C(=O)NC. The molecule has 1 rings (SSSR count). The van der Waals surface area contributed by atoms with Crippen molar-refractivity contribution in [3.8, 4) is 0 Å². The van der Waals surface area contributed by atoms with Crippen LogP contribution in [0.3, 0.4) is 0 Å². The summed E-state index contributed by atoms with van der Waals surface area (Å²) in [7, 11) is 3.06. The molecule has 18 heavy (non-hydrogen) atoms. The van der Waals surface area contributed by atoms with Gasteiger partial charge in [-0.25, -0.2) is 0 Å². The molecule has 0 aromatic carbocycles. The lowest BCUT2D eigenvalue weighted by molar-refractivity contribution is 0.0963. The normalized spacial score (nSPS) is 9.94. The summed E-state index contributed by atoms with van der Waals surface area (Å²) in [6.45, 7) is 2.74. The van der Waals surface area contributed by atoms with E-state index in [2.05, 4.69) is 16.0 Å². The van der Waals surface area contributed by atoms with Crippen molar-refractivity contribution in [2.45, 2.75) is 13.3 Å². The monoisotopic (exact) mass is 270 g/mol. The quantitative estimate of drug-likeness (QED) is 0.638. The topological polar surface area (TPSA) is 96.2 Å². The number of anilines is 2. The molecule has 0 radical (unpaired) electrons. The van der Waals surface area contributed by atoms with Gasteiger partial charge in [0, 0.05) is 20.6 Å². The Morgan fingerprint density at radius 1 is 1.22 bits per heavy atom. The van der Waals surface area contributed by atoms with Gasteiger partial charge in [-0.1, -0.05) is 6.92 Å². The maximum atomic E-state index is 11.8. The number of nitrogens with two attached hydrogens (primary N) is 1. The van der Waals surface area contributed by atoms with Crippen molar-refractivity contribution in [3.63, 3.8) is 0 Å². The predicted molar refractivity (Wildman–Crippen MR) is 74.3 cm³/mol. The molecule has 1 aromatic rings. The fourth-order valence-corrected chi connectivity index (χ4v) is 2.53. The van der Waals surface area contributed by atoms with E-state index in [9.17, 15) is 9.59 Å². The summed E-state index contributed by atoms with van der Waals surface area (Å²) in [5.74, 6) is -0.579. The van der Waals surface area contributed by atoms with Crippen LogP contribution in [0.2, 0.25) is 0 Å². The number of hydrogen-bond acceptors (Lipinski definition) is 5. The van der Waals surface area contributed by atoms with E-state index in [-0.39, 0.29) is 17.5 Å². The number of amides is 2. The number of thiophene rings is 1. The second-order valence-electron chi connectivity index (χ2n) is 3.63. The number of nitrogen functional groups attached to an aromatic ring is 1. The summed E-state index contributed by atoms with van der Waals surface area (Å²) in [5, 5.41) is 8.78. The van der Waals surface area contributed by atoms with Crippen LogP contribution in [0.1, 0.15) is 33.4 Å². The first-order valence-electron chi connectivity index (χ1n) is 5.67. The third-order valence-corrected chi connectivity index (χ3v) is 3.53. The van der Waals surface area contributed by atoms with Crippen molar-refractivity contribution in [2.75, 3.05) is 31.7 Å². The molecule has 0 saturated carbocycles. The first kappa shape index (κ1) is 14.3. The molecule has 0 saturated heterocycles. The Labute approximate surface area is 110 Å². The molecule has 1 heterocycles. The van der Waals surface area contributed by atoms with Gasteiger partial charge < -0.3 is 21.7 Å². The highest BCUT2D eigenvalue weighted by Crippen LogP contribution is 2.35. The number of rotatable bonds is 5. The lowest BCUT2D eigenvalue weighted by atomic mass is 10.2. The van der Waals surface area contributed by atoms with Crippen LogP contribution in [0.15, 0.2) is 0 Å². The lowest BCUT2D eigenvalue weighted by Crippen LogP contribution is -2.21. The van der Waals surface area contributed by atoms with Gasteiger partial charge in [-0.05, 0) is 6.42 Å². The van der Waals surface area contributed by atoms with Crippen molar-refractivity contribution in [1.82, 2.24) is 10.6 Å². The Balaban J connectivity index is 3.22. The van der Waals surface area contributed by atoms with Gasteiger partial charge in [0.15, 0.2) is 0 Å². The van der Waals surface area contributed by atoms with Gasteiger partial charge in [0.1, 0.15) is 9.88 Å². The Kier molecular flexibility index (Phi) is 4.96. The minimum Gasteiger partial charge on any atom is -0.397 e. The van der Waals surface area contributed by atoms with Crippen molar-refractivity contribution >= 4 is 33.8 Å². The van der Waals surface area contributed by atoms with E-state index < -0.39 is 0 Å². The van der Waals surface area contributed by atoms with Gasteiger partial charge in [0.05, 0.1) is 11.3 Å². The molecule has 2 amide bonds. The molecule has 5 N–H and O–H groups in total. The number of carbonyl (C=O) groups is 2. The van der Waals surface area contributed by atoms with Crippen LogP contribution in [0.5, 0.6) is 0 Å². The van der Waals surface area contributed by atoms with Gasteiger partial charge in [-0.15, -0.1) is 11.3 Å². The molecule has 100 valence electrons. The van der Waals surface area contributed by atoms with E-state index in [1.807, 2.05) is 6.92 Å². The van der Waals surface area contributed by atoms with E-state index in [0.717, 1.165) is 13.0 Å². The fraction of sp³-hybridized carbons (Fsp3) is 0.455. The molecule has 0 spiro atoms. The second-order valence-corrected chi connectivity index (χ2v) is 4.65. The smallest absolute Gasteiger partial charge is 0.263 e. The molecule has 0 aliphatic heterocycles. The fourth-order valence-electron chi connectivity index (χ4n) is 1.44. The van der Waals surface area contributed by atoms with Crippen molar-refractivity contribution in [2.24, 2.45) is 0 Å². The van der Waals surface area contributed by atoms with Crippen LogP contribution in [0.25, 0.3) is 0 Å². The maximum absolute atomic E-state index is 11.8. The Morgan fingerprint density at radius 2 is 1.83 bits per heavy atom. The van der Waals surface area contributed by atoms with Gasteiger partial charge in [0.2, 0.25) is 0 Å². The average molecular weight is 270 g/mol. The summed E-state index contributed by atoms with van der Waals surface area (Å²) < 4.78 is 0. The third-order valence-electron chi connectivity index (χ3n) is 2.37. The van der Waals surface area contributed by atoms with E-state index in [1.54, 1.807) is 0 Å². The zero-order valence-corrected chi connectivity index (χ0v) is 11.5. The Morgan fingerprint density at radius 3 is 2.33 bits per heavy atom. The first-order valence-corrected chi connectivity index (χ1v) is 6.48. The molecular formula is C11H18N4O2S. The van der Waals surface area contributed by atoms with Crippen LogP contribution in [-0.2, 0) is 0 Å². The number of nitrogens with one attached hydrogen (secondary N) is 3. The Bertz CT molecular complexity index is 456. The van der Waals surface area contributed by atoms with Crippen LogP contribution in [0.4, 0.5) is 10.7 Å². The first-order chi connectivity index (χ1) is 8.56. The highest BCUT2D eigenvalue weighted by molar-refractivity contribution is 7.19. The van der Waals surface area contributed by atoms with Gasteiger partial charge in [0.25, 0.3) is 11.8 Å². The van der Waals surface area contributed by atoms with E-state index in [4.69, 9.17) is 5.73 Å². The molecule has 0 aliphatic carbocycles. The molecule has 0 atom stereocenters. The van der Waals surface area contributed by atoms with Crippen molar-refractivity contribution < 1.29 is 9.59 Å². The summed E-state index contributed by atoms with van der Waals surface area (Å²) >= 11 is 1.19. The second kappa shape index (κ2) is 6.25. The zero-order valence-electron chi connectivity index (χ0n) is 10.7. The van der Waals surface area contributed by atoms with Crippen LogP contribution < -0.4 is 21.7 Å². The van der Waals surface area contributed by atoms with E-state index in [1.165, 1.54) is 25.4 Å². The summed E-state index contributed by atoms with van der Waals surface area (Å²) in [4.78, 5) is 23.8. The third kappa shape index (κ3) is 2.73. The highest BCUT2D eigenvalue weighted by atomic mass is 32.1. The summed E-state index contributed by atoms with van der Waals surface area (Å²) in [6, 6.07) is 0. The minimum atomic E-state index is -0.294. The lowest BCUT2D eigenvalue weighted by Gasteiger charge is -2.05. The van der Waals surface area contributed by atoms with Crippen LogP contribution in [0, 0.1) is 0 Å². The van der Waals surface area contributed by atoms with Gasteiger partial charge in [-0.3, -0.25) is 9.59 Å². The van der Waals surface area contributed by atoms with Crippen molar-refractivity contribution in [3.05, 3.63) is 10.4 Å². The molecule has 0 aliphatic rings. The van der Waals surface area contributed by atoms with Crippen LogP contribution >= 0.6 is 11.3 Å². The van der Waals surface area contributed by atoms with E-state index >= 15 is 0 Å². The minimum absolute atomic E-state index is 0.220. The number of hydrogen-bond donors (Lipinski definition) is 4. The van der Waals surface area contributed by atoms with Gasteiger partial charge in [-0.2, -0.15) is 0 Å². The van der Waals surface area contributed by atoms with E-state index in [0.29, 0.717) is 15.4 Å². The highest BCUT2D eigenvalue weighted by Gasteiger charge is 2.24. The summed E-state index contributed by atoms with van der Waals surface area (Å²) in [5.41, 5.74) is 6.44. The van der Waals surface area contributed by atoms with Crippen molar-refractivity contribution in [1.29, 1.82) is 0 Å². The summed E-state index contributed by atoms with van der Waals surface area (Å²) in [6.07, 6.45) is 0.917. The number of carbonyl (C=O) groups excluding carboxylic acids is 2. The molecule has 6 nitrogen and oxygen atoms in total. The predicted octanol–water partition coefficient (Wildman–Crippen LogP) is 0.871. The largest absolute Gasteiger partial charge is 0.397 e. The molecule has 0 unspecified atom stereocenters. The van der Waals surface area contributed by atoms with Gasteiger partial charge >= 0.3 is 0 Å². The Hall–Kier alpha value is -1.76. The standard InChI is InChI=1S/C11H18N4O2S/c1-4-5-15-11-6(9(16)13-2)7(12)8(18-11)10(17)14-3/h15H,4-5,12H2,1-3H3,(H,13,16)(H,14,17). The molecule has 0 fully saturated rings. The molecule has 0 bridgehead atoms.